The molecule has 3 aromatic heterocycles. The summed E-state index contributed by atoms with van der Waals surface area (Å²) < 4.78 is 28.5. The van der Waals surface area contributed by atoms with Crippen molar-refractivity contribution >= 4 is 62.2 Å². The van der Waals surface area contributed by atoms with Gasteiger partial charge in [-0.15, -0.1) is 22.7 Å². The molecular formula is C26H23N5O4S3. The van der Waals surface area contributed by atoms with E-state index in [1.807, 2.05) is 17.5 Å². The Labute approximate surface area is 227 Å². The summed E-state index contributed by atoms with van der Waals surface area (Å²) in [6, 6.07) is 13.6. The van der Waals surface area contributed by atoms with E-state index in [9.17, 15) is 18.0 Å². The van der Waals surface area contributed by atoms with E-state index in [0.717, 1.165) is 4.88 Å². The van der Waals surface area contributed by atoms with E-state index < -0.39 is 10.0 Å². The molecule has 4 aromatic rings. The first kappa shape index (κ1) is 25.8. The zero-order chi connectivity index (χ0) is 26.9. The predicted octanol–water partition coefficient (Wildman–Crippen LogP) is 4.38. The van der Waals surface area contributed by atoms with Crippen LogP contribution in [0.1, 0.15) is 31.5 Å². The summed E-state index contributed by atoms with van der Waals surface area (Å²) in [5.74, 6) is -0.735. The minimum absolute atomic E-state index is 0.00430. The van der Waals surface area contributed by atoms with Crippen molar-refractivity contribution in [3.63, 3.8) is 0 Å². The van der Waals surface area contributed by atoms with E-state index in [1.165, 1.54) is 28.7 Å². The molecule has 0 aliphatic carbocycles. The molecule has 0 saturated heterocycles. The molecule has 1 aliphatic rings. The van der Waals surface area contributed by atoms with E-state index in [2.05, 4.69) is 20.0 Å². The van der Waals surface area contributed by atoms with Gasteiger partial charge in [-0.1, -0.05) is 12.1 Å². The molecule has 5 rings (SSSR count). The molecule has 2 N–H and O–H groups in total. The zero-order valence-electron chi connectivity index (χ0n) is 20.5. The van der Waals surface area contributed by atoms with Crippen molar-refractivity contribution in [1.29, 1.82) is 0 Å². The first-order chi connectivity index (χ1) is 18.2. The Morgan fingerprint density at radius 3 is 2.42 bits per heavy atom. The molecular weight excluding hydrogens is 543 g/mol. The number of aromatic nitrogens is 2. The molecule has 0 radical (unpaired) electrons. The Kier molecular flexibility index (Phi) is 7.11. The molecule has 1 aliphatic heterocycles. The van der Waals surface area contributed by atoms with Crippen LogP contribution in [0.15, 0.2) is 69.9 Å². The Hall–Kier alpha value is -3.87. The van der Waals surface area contributed by atoms with Crippen LogP contribution in [0, 0.1) is 13.8 Å². The highest BCUT2D eigenvalue weighted by molar-refractivity contribution is 7.92. The number of thiophene rings is 2. The molecule has 1 aromatic carbocycles. The van der Waals surface area contributed by atoms with Gasteiger partial charge in [-0.05, 0) is 79.1 Å². The van der Waals surface area contributed by atoms with Gasteiger partial charge in [0.05, 0.1) is 9.77 Å². The second-order valence-corrected chi connectivity index (χ2v) is 12.2. The predicted molar refractivity (Wildman–Crippen MR) is 149 cm³/mol. The van der Waals surface area contributed by atoms with Crippen molar-refractivity contribution < 1.29 is 18.0 Å². The Bertz CT molecular complexity index is 1630. The second-order valence-electron chi connectivity index (χ2n) is 8.58. The third-order valence-corrected chi connectivity index (χ3v) is 8.78. The summed E-state index contributed by atoms with van der Waals surface area (Å²) in [4.78, 5) is 37.6. The summed E-state index contributed by atoms with van der Waals surface area (Å²) in [6.07, 6.45) is 2.12. The van der Waals surface area contributed by atoms with Gasteiger partial charge in [-0.25, -0.2) is 23.1 Å². The summed E-state index contributed by atoms with van der Waals surface area (Å²) in [7, 11) is -3.94. The number of nitrogens with zero attached hydrogens (tertiary/aromatic N) is 3. The molecule has 0 spiro atoms. The number of carbonyl (C=O) groups is 2. The number of anilines is 2. The average molecular weight is 566 g/mol. The number of sulfonamides is 1. The highest BCUT2D eigenvalue weighted by Crippen LogP contribution is 2.32. The Morgan fingerprint density at radius 2 is 1.74 bits per heavy atom. The molecule has 0 fully saturated rings. The van der Waals surface area contributed by atoms with Crippen LogP contribution in [0.5, 0.6) is 0 Å². The number of hydrogen-bond donors (Lipinski definition) is 2. The molecule has 9 nitrogen and oxygen atoms in total. The standard InChI is InChI=1S/C26H23N5O4S3/c1-16-13-17(2)28-26(27-16)30-38(34,35)20-7-8-22-18(14-20)9-10-31(22)25(33)21(15-19-5-3-11-36-19)29-24(32)23-6-4-12-37-23/h3-8,11-15H,9-10H2,1-2H3,(H,29,32)(H,27,28,30)/b21-15+. The van der Waals surface area contributed by atoms with Gasteiger partial charge in [0.25, 0.3) is 21.8 Å². The molecule has 0 atom stereocenters. The van der Waals surface area contributed by atoms with E-state index in [4.69, 9.17) is 0 Å². The number of fused-ring (bicyclic) bond motifs is 1. The van der Waals surface area contributed by atoms with Gasteiger partial charge in [-0.2, -0.15) is 0 Å². The van der Waals surface area contributed by atoms with E-state index in [0.29, 0.717) is 40.5 Å². The lowest BCUT2D eigenvalue weighted by Crippen LogP contribution is -2.37. The molecule has 38 heavy (non-hydrogen) atoms. The van der Waals surface area contributed by atoms with E-state index in [1.54, 1.807) is 60.5 Å². The minimum atomic E-state index is -3.94. The van der Waals surface area contributed by atoms with Crippen LogP contribution in [-0.2, 0) is 21.2 Å². The Balaban J connectivity index is 1.41. The lowest BCUT2D eigenvalue weighted by Gasteiger charge is -2.20. The highest BCUT2D eigenvalue weighted by Gasteiger charge is 2.30. The van der Waals surface area contributed by atoms with Gasteiger partial charge in [-0.3, -0.25) is 9.59 Å². The molecule has 0 bridgehead atoms. The highest BCUT2D eigenvalue weighted by atomic mass is 32.2. The molecule has 0 unspecified atom stereocenters. The van der Waals surface area contributed by atoms with E-state index >= 15 is 0 Å². The van der Waals surface area contributed by atoms with Gasteiger partial charge in [0.1, 0.15) is 5.70 Å². The molecule has 4 heterocycles. The zero-order valence-corrected chi connectivity index (χ0v) is 22.9. The number of benzene rings is 1. The lowest BCUT2D eigenvalue weighted by atomic mass is 10.2. The first-order valence-electron chi connectivity index (χ1n) is 11.6. The van der Waals surface area contributed by atoms with Crippen molar-refractivity contribution in [2.24, 2.45) is 0 Å². The van der Waals surface area contributed by atoms with Gasteiger partial charge < -0.3 is 10.2 Å². The van der Waals surface area contributed by atoms with Crippen LogP contribution in [0.2, 0.25) is 0 Å². The van der Waals surface area contributed by atoms with Crippen molar-refractivity contribution in [3.8, 4) is 0 Å². The van der Waals surface area contributed by atoms with Crippen molar-refractivity contribution in [1.82, 2.24) is 15.3 Å². The molecule has 0 saturated carbocycles. The number of amides is 2. The van der Waals surface area contributed by atoms with Gasteiger partial charge in [0.2, 0.25) is 5.95 Å². The summed E-state index contributed by atoms with van der Waals surface area (Å²) in [5.41, 5.74) is 2.75. The number of carbonyl (C=O) groups excluding carboxylic acids is 2. The van der Waals surface area contributed by atoms with Crippen LogP contribution in [0.4, 0.5) is 11.6 Å². The molecule has 12 heteroatoms. The summed E-state index contributed by atoms with van der Waals surface area (Å²) >= 11 is 2.73. The molecule has 2 amide bonds. The minimum Gasteiger partial charge on any atom is -0.317 e. The number of hydrogen-bond acceptors (Lipinski definition) is 8. The topological polar surface area (TPSA) is 121 Å². The number of aryl methyl sites for hydroxylation is 2. The van der Waals surface area contributed by atoms with E-state index in [-0.39, 0.29) is 28.4 Å². The number of rotatable bonds is 7. The Morgan fingerprint density at radius 1 is 1.00 bits per heavy atom. The van der Waals surface area contributed by atoms with Crippen LogP contribution >= 0.6 is 22.7 Å². The van der Waals surface area contributed by atoms with Crippen molar-refractivity contribution in [3.05, 3.63) is 91.7 Å². The fourth-order valence-electron chi connectivity index (χ4n) is 4.11. The monoisotopic (exact) mass is 565 g/mol. The fourth-order valence-corrected chi connectivity index (χ4v) is 6.38. The quantitative estimate of drug-likeness (QED) is 0.321. The fraction of sp³-hybridized carbons (Fsp3) is 0.154. The normalized spacial score (nSPS) is 13.3. The maximum Gasteiger partial charge on any atom is 0.274 e. The average Bonchev–Trinajstić information content (AvgIpc) is 3.64. The van der Waals surface area contributed by atoms with Gasteiger partial charge >= 0.3 is 0 Å². The van der Waals surface area contributed by atoms with Crippen LogP contribution < -0.4 is 14.9 Å². The van der Waals surface area contributed by atoms with Gasteiger partial charge in [0, 0.05) is 28.5 Å². The largest absolute Gasteiger partial charge is 0.317 e. The third kappa shape index (κ3) is 5.52. The summed E-state index contributed by atoms with van der Waals surface area (Å²) in [6.45, 7) is 3.87. The second kappa shape index (κ2) is 10.5. The first-order valence-corrected chi connectivity index (χ1v) is 14.8. The molecule has 194 valence electrons. The smallest absolute Gasteiger partial charge is 0.274 e. The van der Waals surface area contributed by atoms with Crippen molar-refractivity contribution in [2.75, 3.05) is 16.2 Å². The maximum atomic E-state index is 13.6. The van der Waals surface area contributed by atoms with Crippen LogP contribution in [0.25, 0.3) is 6.08 Å². The van der Waals surface area contributed by atoms with Gasteiger partial charge in [0.15, 0.2) is 0 Å². The van der Waals surface area contributed by atoms with Crippen LogP contribution in [-0.4, -0.2) is 36.7 Å². The lowest BCUT2D eigenvalue weighted by molar-refractivity contribution is -0.115. The third-order valence-electron chi connectivity index (χ3n) is 5.76. The maximum absolute atomic E-state index is 13.6. The van der Waals surface area contributed by atoms with Crippen molar-refractivity contribution in [2.45, 2.75) is 25.2 Å². The SMILES string of the molecule is Cc1cc(C)nc(NS(=O)(=O)c2ccc3c(c2)CCN3C(=O)/C(=C\c2cccs2)NC(=O)c2cccs2)n1. The summed E-state index contributed by atoms with van der Waals surface area (Å²) in [5, 5.41) is 6.45. The number of nitrogens with one attached hydrogen (secondary N) is 2. The van der Waals surface area contributed by atoms with Crippen LogP contribution in [0.3, 0.4) is 0 Å².